The van der Waals surface area contributed by atoms with Gasteiger partial charge < -0.3 is 5.32 Å². The summed E-state index contributed by atoms with van der Waals surface area (Å²) in [5.74, 6) is 0.522. The van der Waals surface area contributed by atoms with E-state index >= 15 is 0 Å². The van der Waals surface area contributed by atoms with Gasteiger partial charge in [0.2, 0.25) is 0 Å². The minimum absolute atomic E-state index is 0.522. The molecule has 0 radical (unpaired) electrons. The second-order valence-corrected chi connectivity index (χ2v) is 7.17. The van der Waals surface area contributed by atoms with Gasteiger partial charge in [0.15, 0.2) is 0 Å². The van der Waals surface area contributed by atoms with Gasteiger partial charge in [0, 0.05) is 17.8 Å². The number of nitrogens with one attached hydrogen (secondary N) is 1. The van der Waals surface area contributed by atoms with Gasteiger partial charge in [-0.25, -0.2) is 4.98 Å². The van der Waals surface area contributed by atoms with Crippen molar-refractivity contribution in [1.82, 2.24) is 10.3 Å². The number of nitrogens with zero attached hydrogens (tertiary/aromatic N) is 1. The summed E-state index contributed by atoms with van der Waals surface area (Å²) in [6.45, 7) is 3.20. The number of aromatic nitrogens is 1. The van der Waals surface area contributed by atoms with E-state index in [9.17, 15) is 0 Å². The molecule has 5 heteroatoms. The standard InChI is InChI=1S/C12H15BrN2S2/c1-3-8(6-14-2)9-7-16-12(15-9)10-4-5-11(13)17-10/h4-5,7-8,14H,3,6H2,1-2H3. The van der Waals surface area contributed by atoms with Crippen LogP contribution in [0.25, 0.3) is 9.88 Å². The maximum atomic E-state index is 4.75. The van der Waals surface area contributed by atoms with Crippen LogP contribution in [0, 0.1) is 0 Å². The normalized spacial score (nSPS) is 12.9. The second-order valence-electron chi connectivity index (χ2n) is 3.84. The zero-order chi connectivity index (χ0) is 12.3. The van der Waals surface area contributed by atoms with E-state index in [1.807, 2.05) is 7.05 Å². The Morgan fingerprint density at radius 1 is 1.47 bits per heavy atom. The maximum Gasteiger partial charge on any atom is 0.133 e. The molecule has 2 aromatic rings. The average molecular weight is 331 g/mol. The lowest BCUT2D eigenvalue weighted by Crippen LogP contribution is -2.16. The second kappa shape index (κ2) is 6.09. The van der Waals surface area contributed by atoms with Crippen LogP contribution < -0.4 is 5.32 Å². The van der Waals surface area contributed by atoms with Crippen LogP contribution in [-0.2, 0) is 0 Å². The molecule has 1 N–H and O–H groups in total. The third kappa shape index (κ3) is 3.16. The fourth-order valence-electron chi connectivity index (χ4n) is 1.72. The molecule has 2 heterocycles. The van der Waals surface area contributed by atoms with Crippen molar-refractivity contribution in [3.8, 4) is 9.88 Å². The Balaban J connectivity index is 2.20. The summed E-state index contributed by atoms with van der Waals surface area (Å²) in [6, 6.07) is 4.20. The summed E-state index contributed by atoms with van der Waals surface area (Å²) in [4.78, 5) is 5.99. The van der Waals surface area contributed by atoms with E-state index in [0.29, 0.717) is 5.92 Å². The first-order valence-electron chi connectivity index (χ1n) is 5.60. The molecular weight excluding hydrogens is 316 g/mol. The first-order valence-corrected chi connectivity index (χ1v) is 8.09. The lowest BCUT2D eigenvalue weighted by molar-refractivity contribution is 0.600. The molecule has 0 aromatic carbocycles. The molecule has 92 valence electrons. The van der Waals surface area contributed by atoms with Crippen LogP contribution in [0.5, 0.6) is 0 Å². The van der Waals surface area contributed by atoms with Gasteiger partial charge in [-0.2, -0.15) is 0 Å². The third-order valence-corrected chi connectivity index (χ3v) is 5.32. The predicted molar refractivity (Wildman–Crippen MR) is 80.1 cm³/mol. The molecule has 0 amide bonds. The number of thiazole rings is 1. The molecule has 2 nitrogen and oxygen atoms in total. The zero-order valence-electron chi connectivity index (χ0n) is 9.87. The predicted octanol–water partition coefficient (Wildman–Crippen LogP) is 4.35. The zero-order valence-corrected chi connectivity index (χ0v) is 13.1. The first kappa shape index (κ1) is 13.2. The van der Waals surface area contributed by atoms with Crippen LogP contribution in [0.4, 0.5) is 0 Å². The van der Waals surface area contributed by atoms with E-state index in [-0.39, 0.29) is 0 Å². The minimum atomic E-state index is 0.522. The van der Waals surface area contributed by atoms with E-state index in [2.05, 4.69) is 45.7 Å². The third-order valence-electron chi connectivity index (χ3n) is 2.67. The minimum Gasteiger partial charge on any atom is -0.319 e. The quantitative estimate of drug-likeness (QED) is 0.881. The van der Waals surface area contributed by atoms with E-state index < -0.39 is 0 Å². The van der Waals surface area contributed by atoms with Crippen LogP contribution in [0.1, 0.15) is 25.0 Å². The fourth-order valence-corrected chi connectivity index (χ4v) is 4.08. The highest BCUT2D eigenvalue weighted by molar-refractivity contribution is 9.11. The van der Waals surface area contributed by atoms with Crippen molar-refractivity contribution in [2.75, 3.05) is 13.6 Å². The average Bonchev–Trinajstić information content (AvgIpc) is 2.94. The summed E-state index contributed by atoms with van der Waals surface area (Å²) < 4.78 is 1.16. The van der Waals surface area contributed by atoms with Crippen LogP contribution in [0.3, 0.4) is 0 Å². The summed E-state index contributed by atoms with van der Waals surface area (Å²) in [5.41, 5.74) is 1.21. The number of hydrogen-bond acceptors (Lipinski definition) is 4. The highest BCUT2D eigenvalue weighted by Crippen LogP contribution is 2.34. The van der Waals surface area contributed by atoms with Gasteiger partial charge in [-0.1, -0.05) is 6.92 Å². The number of likely N-dealkylation sites (N-methyl/N-ethyl adjacent to an activating group) is 1. The number of halogens is 1. The fraction of sp³-hybridized carbons (Fsp3) is 0.417. The molecule has 0 aliphatic carbocycles. The number of hydrogen-bond donors (Lipinski definition) is 1. The van der Waals surface area contributed by atoms with Gasteiger partial charge in [0.05, 0.1) is 14.4 Å². The SMILES string of the molecule is CCC(CNC)c1csc(-c2ccc(Br)s2)n1. The lowest BCUT2D eigenvalue weighted by atomic mass is 10.0. The van der Waals surface area contributed by atoms with Crippen molar-refractivity contribution in [2.24, 2.45) is 0 Å². The molecule has 0 fully saturated rings. The van der Waals surface area contributed by atoms with Gasteiger partial charge in [0.1, 0.15) is 5.01 Å². The molecule has 17 heavy (non-hydrogen) atoms. The van der Waals surface area contributed by atoms with Crippen LogP contribution in [-0.4, -0.2) is 18.6 Å². The lowest BCUT2D eigenvalue weighted by Gasteiger charge is -2.10. The summed E-state index contributed by atoms with van der Waals surface area (Å²) in [7, 11) is 1.99. The Hall–Kier alpha value is -0.230. The van der Waals surface area contributed by atoms with Gasteiger partial charge in [-0.15, -0.1) is 22.7 Å². The van der Waals surface area contributed by atoms with E-state index in [4.69, 9.17) is 4.98 Å². The molecule has 1 unspecified atom stereocenters. The molecule has 0 saturated heterocycles. The molecule has 0 aliphatic heterocycles. The summed E-state index contributed by atoms with van der Waals surface area (Å²) in [5, 5.41) is 6.55. The molecule has 1 atom stereocenters. The smallest absolute Gasteiger partial charge is 0.133 e. The Morgan fingerprint density at radius 2 is 2.29 bits per heavy atom. The molecular formula is C12H15BrN2S2. The molecule has 2 aromatic heterocycles. The summed E-state index contributed by atoms with van der Waals surface area (Å²) >= 11 is 6.96. The Bertz CT molecular complexity index is 478. The van der Waals surface area contributed by atoms with Gasteiger partial charge in [0.25, 0.3) is 0 Å². The molecule has 2 rings (SSSR count). The Kier molecular flexibility index (Phi) is 4.73. The summed E-state index contributed by atoms with van der Waals surface area (Å²) in [6.07, 6.45) is 1.12. The Morgan fingerprint density at radius 3 is 2.88 bits per heavy atom. The Labute approximate surface area is 118 Å². The number of thiophene rings is 1. The van der Waals surface area contributed by atoms with Crippen molar-refractivity contribution in [3.63, 3.8) is 0 Å². The van der Waals surface area contributed by atoms with Crippen LogP contribution in [0.2, 0.25) is 0 Å². The molecule has 0 aliphatic rings. The van der Waals surface area contributed by atoms with Gasteiger partial charge in [-0.05, 0) is 41.5 Å². The number of rotatable bonds is 5. The van der Waals surface area contributed by atoms with E-state index in [0.717, 1.165) is 21.8 Å². The highest BCUT2D eigenvalue weighted by atomic mass is 79.9. The monoisotopic (exact) mass is 330 g/mol. The van der Waals surface area contributed by atoms with Crippen molar-refractivity contribution < 1.29 is 0 Å². The molecule has 0 saturated carbocycles. The molecule has 0 spiro atoms. The van der Waals surface area contributed by atoms with Crippen molar-refractivity contribution >= 4 is 38.6 Å². The van der Waals surface area contributed by atoms with Gasteiger partial charge in [-0.3, -0.25) is 0 Å². The van der Waals surface area contributed by atoms with Crippen LogP contribution in [0.15, 0.2) is 21.3 Å². The largest absolute Gasteiger partial charge is 0.319 e. The maximum absolute atomic E-state index is 4.75. The highest BCUT2D eigenvalue weighted by Gasteiger charge is 2.14. The van der Waals surface area contributed by atoms with E-state index in [1.54, 1.807) is 22.7 Å². The van der Waals surface area contributed by atoms with Gasteiger partial charge >= 0.3 is 0 Å². The van der Waals surface area contributed by atoms with Crippen molar-refractivity contribution in [2.45, 2.75) is 19.3 Å². The van der Waals surface area contributed by atoms with Crippen LogP contribution >= 0.6 is 38.6 Å². The first-order chi connectivity index (χ1) is 8.24. The van der Waals surface area contributed by atoms with Crippen molar-refractivity contribution in [3.05, 3.63) is 27.0 Å². The van der Waals surface area contributed by atoms with Crippen molar-refractivity contribution in [1.29, 1.82) is 0 Å². The molecule has 0 bridgehead atoms. The topological polar surface area (TPSA) is 24.9 Å². The van der Waals surface area contributed by atoms with E-state index in [1.165, 1.54) is 10.6 Å².